The summed E-state index contributed by atoms with van der Waals surface area (Å²) in [6.45, 7) is 0.450. The topological polar surface area (TPSA) is 82.7 Å². The van der Waals surface area contributed by atoms with Crippen molar-refractivity contribution < 1.29 is 18.7 Å². The molecular formula is C18H15ClN2O5. The zero-order valence-corrected chi connectivity index (χ0v) is 14.4. The first-order valence-corrected chi connectivity index (χ1v) is 8.42. The van der Waals surface area contributed by atoms with E-state index in [4.69, 9.17) is 25.5 Å². The van der Waals surface area contributed by atoms with Crippen molar-refractivity contribution in [1.29, 1.82) is 0 Å². The Hall–Kier alpha value is -2.93. The molecule has 2 heterocycles. The van der Waals surface area contributed by atoms with Gasteiger partial charge in [0, 0.05) is 11.1 Å². The molecule has 1 N–H and O–H groups in total. The minimum Gasteiger partial charge on any atom is -0.486 e. The van der Waals surface area contributed by atoms with E-state index in [-0.39, 0.29) is 25.1 Å². The standard InChI is InChI=1S/C18H15ClN2O5/c19-11-5-6-13-16(7-11)26-18(23)21(13)9-17(22)20-8-12-10-24-14-3-1-2-4-15(14)25-12/h1-7,12H,8-10H2,(H,20,22)/t12-/m0/s1. The Kier molecular flexibility index (Phi) is 4.30. The molecule has 0 aliphatic carbocycles. The SMILES string of the molecule is O=C(Cn1c(=O)oc2cc(Cl)ccc21)NC[C@H]1COc2ccccc2O1. The smallest absolute Gasteiger partial charge is 0.420 e. The Morgan fingerprint density at radius 3 is 2.88 bits per heavy atom. The molecule has 0 saturated carbocycles. The highest BCUT2D eigenvalue weighted by Crippen LogP contribution is 2.30. The van der Waals surface area contributed by atoms with E-state index in [1.54, 1.807) is 12.1 Å². The molecule has 26 heavy (non-hydrogen) atoms. The van der Waals surface area contributed by atoms with Crippen LogP contribution < -0.4 is 20.5 Å². The molecule has 1 aliphatic rings. The summed E-state index contributed by atoms with van der Waals surface area (Å²) in [5.74, 6) is 0.396. The summed E-state index contributed by atoms with van der Waals surface area (Å²) in [6, 6.07) is 12.2. The monoisotopic (exact) mass is 374 g/mol. The molecule has 8 heteroatoms. The number of para-hydroxylation sites is 2. The normalized spacial score (nSPS) is 15.8. The Bertz CT molecular complexity index is 1030. The van der Waals surface area contributed by atoms with Crippen LogP contribution in [0.5, 0.6) is 11.5 Å². The number of nitrogens with one attached hydrogen (secondary N) is 1. The first-order chi connectivity index (χ1) is 12.6. The summed E-state index contributed by atoms with van der Waals surface area (Å²) < 4.78 is 17.8. The predicted molar refractivity (Wildman–Crippen MR) is 94.8 cm³/mol. The summed E-state index contributed by atoms with van der Waals surface area (Å²) >= 11 is 5.88. The van der Waals surface area contributed by atoms with Gasteiger partial charge in [-0.2, -0.15) is 0 Å². The number of carbonyl (C=O) groups is 1. The molecule has 0 spiro atoms. The zero-order valence-electron chi connectivity index (χ0n) is 13.6. The Morgan fingerprint density at radius 2 is 2.04 bits per heavy atom. The third-order valence-electron chi connectivity index (χ3n) is 4.03. The molecule has 134 valence electrons. The van der Waals surface area contributed by atoms with Crippen molar-refractivity contribution in [2.75, 3.05) is 13.2 Å². The van der Waals surface area contributed by atoms with E-state index in [1.807, 2.05) is 24.3 Å². The zero-order chi connectivity index (χ0) is 18.1. The van der Waals surface area contributed by atoms with Crippen LogP contribution in [0.4, 0.5) is 0 Å². The summed E-state index contributed by atoms with van der Waals surface area (Å²) in [4.78, 5) is 24.2. The number of halogens is 1. The lowest BCUT2D eigenvalue weighted by Gasteiger charge is -2.26. The van der Waals surface area contributed by atoms with Crippen molar-refractivity contribution in [2.24, 2.45) is 0 Å². The van der Waals surface area contributed by atoms with Crippen molar-refractivity contribution in [3.8, 4) is 11.5 Å². The van der Waals surface area contributed by atoms with Crippen LogP contribution >= 0.6 is 11.6 Å². The molecule has 7 nitrogen and oxygen atoms in total. The number of nitrogens with zero attached hydrogens (tertiary/aromatic N) is 1. The van der Waals surface area contributed by atoms with E-state index in [0.717, 1.165) is 0 Å². The van der Waals surface area contributed by atoms with Gasteiger partial charge in [0.15, 0.2) is 17.1 Å². The average molecular weight is 375 g/mol. The number of fused-ring (bicyclic) bond motifs is 2. The number of rotatable bonds is 4. The van der Waals surface area contributed by atoms with E-state index in [0.29, 0.717) is 34.2 Å². The number of carbonyl (C=O) groups excluding carboxylic acids is 1. The van der Waals surface area contributed by atoms with Gasteiger partial charge in [0.1, 0.15) is 19.3 Å². The lowest BCUT2D eigenvalue weighted by Crippen LogP contribution is -2.42. The van der Waals surface area contributed by atoms with Gasteiger partial charge in [-0.05, 0) is 24.3 Å². The summed E-state index contributed by atoms with van der Waals surface area (Å²) in [5, 5.41) is 3.21. The van der Waals surface area contributed by atoms with E-state index in [2.05, 4.69) is 5.32 Å². The van der Waals surface area contributed by atoms with Crippen molar-refractivity contribution in [3.63, 3.8) is 0 Å². The number of amides is 1. The van der Waals surface area contributed by atoms with E-state index in [9.17, 15) is 9.59 Å². The fourth-order valence-corrected chi connectivity index (χ4v) is 2.94. The van der Waals surface area contributed by atoms with Crippen LogP contribution in [0.2, 0.25) is 5.02 Å². The van der Waals surface area contributed by atoms with Crippen LogP contribution in [0.1, 0.15) is 0 Å². The number of benzene rings is 2. The highest BCUT2D eigenvalue weighted by Gasteiger charge is 2.21. The van der Waals surface area contributed by atoms with Gasteiger partial charge in [0.2, 0.25) is 5.91 Å². The minimum atomic E-state index is -0.608. The molecule has 1 aliphatic heterocycles. The van der Waals surface area contributed by atoms with Crippen LogP contribution in [-0.4, -0.2) is 29.7 Å². The number of hydrogen-bond donors (Lipinski definition) is 1. The predicted octanol–water partition coefficient (Wildman–Crippen LogP) is 2.20. The van der Waals surface area contributed by atoms with Crippen molar-refractivity contribution in [3.05, 3.63) is 58.0 Å². The average Bonchev–Trinajstić information content (AvgIpc) is 2.94. The van der Waals surface area contributed by atoms with E-state index < -0.39 is 5.76 Å². The summed E-state index contributed by atoms with van der Waals surface area (Å²) in [6.07, 6.45) is -0.300. The van der Waals surface area contributed by atoms with Crippen LogP contribution in [0, 0.1) is 0 Å². The summed E-state index contributed by atoms with van der Waals surface area (Å²) in [5.41, 5.74) is 0.858. The molecular weight excluding hydrogens is 360 g/mol. The molecule has 0 bridgehead atoms. The molecule has 0 saturated heterocycles. The molecule has 4 rings (SSSR count). The lowest BCUT2D eigenvalue weighted by atomic mass is 10.2. The van der Waals surface area contributed by atoms with E-state index >= 15 is 0 Å². The Labute approximate surface area is 153 Å². The van der Waals surface area contributed by atoms with Gasteiger partial charge in [0.25, 0.3) is 0 Å². The number of oxazole rings is 1. The molecule has 0 fully saturated rings. The van der Waals surface area contributed by atoms with Gasteiger partial charge in [-0.3, -0.25) is 9.36 Å². The fraction of sp³-hybridized carbons (Fsp3) is 0.222. The van der Waals surface area contributed by atoms with Gasteiger partial charge in [-0.15, -0.1) is 0 Å². The molecule has 1 atom stereocenters. The van der Waals surface area contributed by atoms with Crippen molar-refractivity contribution in [1.82, 2.24) is 9.88 Å². The highest BCUT2D eigenvalue weighted by molar-refractivity contribution is 6.31. The van der Waals surface area contributed by atoms with Gasteiger partial charge in [0.05, 0.1) is 12.1 Å². The second-order valence-electron chi connectivity index (χ2n) is 5.87. The maximum atomic E-state index is 12.2. The quantitative estimate of drug-likeness (QED) is 0.757. The molecule has 0 radical (unpaired) electrons. The van der Waals surface area contributed by atoms with Crippen LogP contribution in [-0.2, 0) is 11.3 Å². The first-order valence-electron chi connectivity index (χ1n) is 8.04. The highest BCUT2D eigenvalue weighted by atomic mass is 35.5. The number of hydrogen-bond acceptors (Lipinski definition) is 5. The lowest BCUT2D eigenvalue weighted by molar-refractivity contribution is -0.122. The Morgan fingerprint density at radius 1 is 1.23 bits per heavy atom. The third kappa shape index (κ3) is 3.25. The van der Waals surface area contributed by atoms with Crippen LogP contribution in [0.3, 0.4) is 0 Å². The summed E-state index contributed by atoms with van der Waals surface area (Å²) in [7, 11) is 0. The van der Waals surface area contributed by atoms with Gasteiger partial charge in [-0.25, -0.2) is 4.79 Å². The van der Waals surface area contributed by atoms with Crippen molar-refractivity contribution >= 4 is 28.6 Å². The largest absolute Gasteiger partial charge is 0.486 e. The van der Waals surface area contributed by atoms with Crippen LogP contribution in [0.25, 0.3) is 11.1 Å². The van der Waals surface area contributed by atoms with Gasteiger partial charge < -0.3 is 19.2 Å². The second-order valence-corrected chi connectivity index (χ2v) is 6.30. The van der Waals surface area contributed by atoms with E-state index in [1.165, 1.54) is 10.6 Å². The third-order valence-corrected chi connectivity index (χ3v) is 4.26. The number of ether oxygens (including phenoxy) is 2. The van der Waals surface area contributed by atoms with Crippen molar-refractivity contribution in [2.45, 2.75) is 12.6 Å². The molecule has 1 amide bonds. The fourth-order valence-electron chi connectivity index (χ4n) is 2.78. The van der Waals surface area contributed by atoms with Gasteiger partial charge in [-0.1, -0.05) is 23.7 Å². The van der Waals surface area contributed by atoms with Gasteiger partial charge >= 0.3 is 5.76 Å². The molecule has 2 aromatic carbocycles. The molecule has 3 aromatic rings. The number of aromatic nitrogens is 1. The molecule has 0 unspecified atom stereocenters. The maximum Gasteiger partial charge on any atom is 0.420 e. The maximum absolute atomic E-state index is 12.2. The minimum absolute atomic E-state index is 0.155. The first kappa shape index (κ1) is 16.5. The van der Waals surface area contributed by atoms with Crippen LogP contribution in [0.15, 0.2) is 51.7 Å². The molecule has 1 aromatic heterocycles. The second kappa shape index (κ2) is 6.76. The Balaban J connectivity index is 1.39.